The molecule has 0 unspecified atom stereocenters. The second kappa shape index (κ2) is 10.0. The van der Waals surface area contributed by atoms with Gasteiger partial charge in [0.05, 0.1) is 11.9 Å². The maximum Gasteiger partial charge on any atom is 0.274 e. The lowest BCUT2D eigenvalue weighted by Gasteiger charge is -2.36. The first kappa shape index (κ1) is 21.5. The second-order valence-corrected chi connectivity index (χ2v) is 8.84. The van der Waals surface area contributed by atoms with E-state index >= 15 is 0 Å². The zero-order valence-corrected chi connectivity index (χ0v) is 18.4. The Morgan fingerprint density at radius 3 is 2.48 bits per heavy atom. The van der Waals surface area contributed by atoms with Gasteiger partial charge < -0.3 is 9.80 Å². The summed E-state index contributed by atoms with van der Waals surface area (Å²) in [7, 11) is 0. The van der Waals surface area contributed by atoms with Crippen molar-refractivity contribution in [2.24, 2.45) is 11.8 Å². The van der Waals surface area contributed by atoms with Crippen LogP contribution in [-0.4, -0.2) is 57.8 Å². The molecule has 0 N–H and O–H groups in total. The Labute approximate surface area is 184 Å². The van der Waals surface area contributed by atoms with Crippen molar-refractivity contribution < 1.29 is 9.59 Å². The summed E-state index contributed by atoms with van der Waals surface area (Å²) >= 11 is 0. The van der Waals surface area contributed by atoms with Crippen LogP contribution >= 0.6 is 0 Å². The number of nitrogens with zero attached hydrogens (tertiary/aromatic N) is 4. The lowest BCUT2D eigenvalue weighted by molar-refractivity contribution is -0.137. The summed E-state index contributed by atoms with van der Waals surface area (Å²) in [5, 5.41) is 0. The Bertz CT molecular complexity index is 876. The van der Waals surface area contributed by atoms with E-state index in [1.54, 1.807) is 12.4 Å². The normalized spacial score (nSPS) is 20.5. The molecule has 31 heavy (non-hydrogen) atoms. The van der Waals surface area contributed by atoms with Gasteiger partial charge in [-0.25, -0.2) is 4.98 Å². The fourth-order valence-electron chi connectivity index (χ4n) is 4.87. The van der Waals surface area contributed by atoms with Gasteiger partial charge in [0.2, 0.25) is 5.91 Å². The van der Waals surface area contributed by atoms with Gasteiger partial charge in [-0.3, -0.25) is 14.6 Å². The van der Waals surface area contributed by atoms with Crippen molar-refractivity contribution in [2.75, 3.05) is 26.2 Å². The van der Waals surface area contributed by atoms with Gasteiger partial charge in [0.1, 0.15) is 5.69 Å². The van der Waals surface area contributed by atoms with Crippen LogP contribution in [0.1, 0.15) is 53.8 Å². The van der Waals surface area contributed by atoms with Gasteiger partial charge in [-0.1, -0.05) is 36.8 Å². The topological polar surface area (TPSA) is 66.4 Å². The molecule has 6 heteroatoms. The number of hydrogen-bond donors (Lipinski definition) is 0. The molecule has 1 atom stereocenters. The van der Waals surface area contributed by atoms with Crippen molar-refractivity contribution in [3.8, 4) is 0 Å². The average Bonchev–Trinajstić information content (AvgIpc) is 3.00. The van der Waals surface area contributed by atoms with Gasteiger partial charge in [0.15, 0.2) is 0 Å². The zero-order valence-electron chi connectivity index (χ0n) is 18.4. The number of rotatable bonds is 5. The minimum atomic E-state index is -0.0531. The van der Waals surface area contributed by atoms with Gasteiger partial charge in [0.25, 0.3) is 5.91 Å². The lowest BCUT2D eigenvalue weighted by atomic mass is 9.81. The molecule has 0 saturated carbocycles. The molecule has 1 aromatic heterocycles. The molecule has 0 aliphatic carbocycles. The van der Waals surface area contributed by atoms with Crippen LogP contribution in [0.5, 0.6) is 0 Å². The van der Waals surface area contributed by atoms with Crippen molar-refractivity contribution in [1.29, 1.82) is 0 Å². The Morgan fingerprint density at radius 2 is 1.77 bits per heavy atom. The monoisotopic (exact) mass is 420 g/mol. The fraction of sp³-hybridized carbons (Fsp3) is 0.520. The first-order chi connectivity index (χ1) is 15.1. The highest BCUT2D eigenvalue weighted by Gasteiger charge is 2.36. The molecule has 2 amide bonds. The van der Waals surface area contributed by atoms with Gasteiger partial charge in [-0.2, -0.15) is 0 Å². The van der Waals surface area contributed by atoms with Gasteiger partial charge in [-0.05, 0) is 50.5 Å². The number of aromatic nitrogens is 2. The number of carbonyl (C=O) groups is 2. The number of aryl methyl sites for hydroxylation is 1. The predicted octanol–water partition coefficient (Wildman–Crippen LogP) is 3.51. The van der Waals surface area contributed by atoms with E-state index in [0.717, 1.165) is 57.3 Å². The highest BCUT2D eigenvalue weighted by atomic mass is 16.2. The number of carbonyl (C=O) groups excluding carboxylic acids is 2. The molecule has 2 fully saturated rings. The minimum Gasteiger partial charge on any atom is -0.342 e. The molecule has 6 nitrogen and oxygen atoms in total. The van der Waals surface area contributed by atoms with Crippen LogP contribution in [0.4, 0.5) is 0 Å². The Kier molecular flexibility index (Phi) is 6.95. The van der Waals surface area contributed by atoms with E-state index in [1.807, 2.05) is 17.9 Å². The highest BCUT2D eigenvalue weighted by Crippen LogP contribution is 2.32. The largest absolute Gasteiger partial charge is 0.342 e. The van der Waals surface area contributed by atoms with E-state index in [9.17, 15) is 9.59 Å². The Hall–Kier alpha value is -2.76. The van der Waals surface area contributed by atoms with Crippen LogP contribution in [0.2, 0.25) is 0 Å². The third-order valence-electron chi connectivity index (χ3n) is 6.73. The molecule has 2 aromatic rings. The number of likely N-dealkylation sites (tertiary alicyclic amines) is 2. The summed E-state index contributed by atoms with van der Waals surface area (Å²) < 4.78 is 0. The van der Waals surface area contributed by atoms with Crippen molar-refractivity contribution >= 4 is 11.8 Å². The summed E-state index contributed by atoms with van der Waals surface area (Å²) in [5.41, 5.74) is 2.49. The Morgan fingerprint density at radius 1 is 1.00 bits per heavy atom. The molecule has 2 aliphatic rings. The van der Waals surface area contributed by atoms with E-state index in [1.165, 1.54) is 5.56 Å². The molecular weight excluding hydrogens is 388 g/mol. The van der Waals surface area contributed by atoms with Crippen molar-refractivity contribution in [1.82, 2.24) is 19.8 Å². The van der Waals surface area contributed by atoms with E-state index in [2.05, 4.69) is 39.1 Å². The highest BCUT2D eigenvalue weighted by molar-refractivity contribution is 5.92. The van der Waals surface area contributed by atoms with E-state index < -0.39 is 0 Å². The van der Waals surface area contributed by atoms with Gasteiger partial charge in [0, 0.05) is 38.3 Å². The molecule has 2 saturated heterocycles. The average molecular weight is 421 g/mol. The number of hydrogen-bond acceptors (Lipinski definition) is 4. The van der Waals surface area contributed by atoms with Gasteiger partial charge in [-0.15, -0.1) is 0 Å². The van der Waals surface area contributed by atoms with Crippen LogP contribution in [-0.2, 0) is 11.2 Å². The second-order valence-electron chi connectivity index (χ2n) is 8.84. The first-order valence-electron chi connectivity index (χ1n) is 11.5. The van der Waals surface area contributed by atoms with E-state index in [0.29, 0.717) is 30.6 Å². The van der Waals surface area contributed by atoms with Crippen molar-refractivity contribution in [3.05, 3.63) is 59.7 Å². The summed E-state index contributed by atoms with van der Waals surface area (Å²) in [4.78, 5) is 38.5. The first-order valence-corrected chi connectivity index (χ1v) is 11.5. The summed E-state index contributed by atoms with van der Waals surface area (Å²) in [5.74, 6) is 0.720. The zero-order chi connectivity index (χ0) is 21.6. The standard InChI is InChI=1S/C25H32N4O2/c1-19-17-27-23(18-26-19)25(31)29-15-11-21(12-16-29)22-9-5-6-13-28(24(22)30)14-10-20-7-3-2-4-8-20/h2-4,7-8,17-18,21-22H,5-6,9-16H2,1H3/t22-/m0/s1. The molecule has 3 heterocycles. The lowest BCUT2D eigenvalue weighted by Crippen LogP contribution is -2.44. The van der Waals surface area contributed by atoms with Crippen LogP contribution in [0.15, 0.2) is 42.7 Å². The van der Waals surface area contributed by atoms with Crippen molar-refractivity contribution in [3.63, 3.8) is 0 Å². The van der Waals surface area contributed by atoms with E-state index in [-0.39, 0.29) is 11.8 Å². The summed E-state index contributed by atoms with van der Waals surface area (Å²) in [6.07, 6.45) is 9.03. The number of benzene rings is 1. The molecule has 0 spiro atoms. The third-order valence-corrected chi connectivity index (χ3v) is 6.73. The SMILES string of the molecule is Cc1cnc(C(=O)N2CCC([C@@H]3CCCCN(CCc4ccccc4)C3=O)CC2)cn1. The van der Waals surface area contributed by atoms with Crippen LogP contribution in [0, 0.1) is 18.8 Å². The minimum absolute atomic E-state index is 0.0531. The van der Waals surface area contributed by atoms with Crippen molar-refractivity contribution in [2.45, 2.75) is 45.4 Å². The van der Waals surface area contributed by atoms with Crippen LogP contribution in [0.3, 0.4) is 0 Å². The van der Waals surface area contributed by atoms with Crippen LogP contribution < -0.4 is 0 Å². The number of piperidine rings is 1. The maximum atomic E-state index is 13.4. The predicted molar refractivity (Wildman–Crippen MR) is 119 cm³/mol. The third kappa shape index (κ3) is 5.30. The van der Waals surface area contributed by atoms with Crippen LogP contribution in [0.25, 0.3) is 0 Å². The molecule has 0 radical (unpaired) electrons. The summed E-state index contributed by atoms with van der Waals surface area (Å²) in [6, 6.07) is 10.4. The smallest absolute Gasteiger partial charge is 0.274 e. The quantitative estimate of drug-likeness (QED) is 0.742. The molecule has 4 rings (SSSR count). The van der Waals surface area contributed by atoms with E-state index in [4.69, 9.17) is 0 Å². The number of amides is 2. The maximum absolute atomic E-state index is 13.4. The molecule has 164 valence electrons. The molecule has 2 aliphatic heterocycles. The van der Waals surface area contributed by atoms with Gasteiger partial charge >= 0.3 is 0 Å². The molecule has 0 bridgehead atoms. The molecular formula is C25H32N4O2. The summed E-state index contributed by atoms with van der Waals surface area (Å²) in [6.45, 7) is 4.90. The Balaban J connectivity index is 1.33. The fourth-order valence-corrected chi connectivity index (χ4v) is 4.87. The molecule has 1 aromatic carbocycles.